The molecule has 3 aromatic carbocycles. The average Bonchev–Trinajstić information content (AvgIpc) is 3.26. The molecule has 0 fully saturated rings. The molecule has 2 heterocycles. The Morgan fingerprint density at radius 3 is 2.43 bits per heavy atom. The van der Waals surface area contributed by atoms with E-state index in [0.717, 1.165) is 51.0 Å². The van der Waals surface area contributed by atoms with Crippen LogP contribution in [0.3, 0.4) is 0 Å². The van der Waals surface area contributed by atoms with Gasteiger partial charge in [0.25, 0.3) is 0 Å². The zero-order chi connectivity index (χ0) is 24.6. The summed E-state index contributed by atoms with van der Waals surface area (Å²) in [6, 6.07) is 19.4. The number of likely N-dealkylation sites (N-methyl/N-ethyl adjacent to an activating group) is 1. The highest BCUT2D eigenvalue weighted by molar-refractivity contribution is 7.98. The van der Waals surface area contributed by atoms with Gasteiger partial charge < -0.3 is 9.64 Å². The van der Waals surface area contributed by atoms with Crippen molar-refractivity contribution in [1.82, 2.24) is 19.5 Å². The molecule has 0 amide bonds. The van der Waals surface area contributed by atoms with E-state index >= 15 is 0 Å². The van der Waals surface area contributed by atoms with E-state index in [1.54, 1.807) is 16.8 Å². The number of fused-ring (bicyclic) bond motifs is 2. The lowest BCUT2D eigenvalue weighted by atomic mass is 10.00. The Hall–Kier alpha value is -3.72. The van der Waals surface area contributed by atoms with Crippen molar-refractivity contribution in [1.29, 1.82) is 0 Å². The second-order valence-corrected chi connectivity index (χ2v) is 10.6. The minimum atomic E-state index is -2.85. The normalized spacial score (nSPS) is 13.4. The van der Waals surface area contributed by atoms with E-state index in [4.69, 9.17) is 14.9 Å². The lowest BCUT2D eigenvalue weighted by Gasteiger charge is -2.12. The van der Waals surface area contributed by atoms with E-state index in [2.05, 4.69) is 15.9 Å². The second kappa shape index (κ2) is 9.14. The molecule has 0 radical (unpaired) electrons. The van der Waals surface area contributed by atoms with E-state index in [0.29, 0.717) is 11.5 Å². The van der Waals surface area contributed by atoms with Gasteiger partial charge in [0.1, 0.15) is 12.4 Å². The Labute approximate surface area is 204 Å². The Morgan fingerprint density at radius 1 is 0.971 bits per heavy atom. The summed E-state index contributed by atoms with van der Waals surface area (Å²) < 4.78 is 20.1. The molecule has 1 unspecified atom stereocenters. The Bertz CT molecular complexity index is 1620. The minimum Gasteiger partial charge on any atom is -0.492 e. The molecule has 0 bridgehead atoms. The summed E-state index contributed by atoms with van der Waals surface area (Å²) in [6.07, 6.45) is 5.62. The fraction of sp³-hybridized carbons (Fsp3) is 0.148. The van der Waals surface area contributed by atoms with Crippen molar-refractivity contribution in [2.75, 3.05) is 27.2 Å². The van der Waals surface area contributed by atoms with Crippen LogP contribution < -0.4 is 9.88 Å². The standard InChI is InChI=1S/C27H27N5O2S/c1-31(2)14-15-34-21-10-8-19(9-11-21)20-16-29-27-25(17-30-32(27)18-20)23-12-13-26(35(3,28)33)24-7-5-4-6-22(23)24/h4-13,16-18H,3,14-15H2,1-2H3,(H2,28,33). The summed E-state index contributed by atoms with van der Waals surface area (Å²) in [4.78, 5) is 7.36. The average molecular weight is 486 g/mol. The number of hydrogen-bond acceptors (Lipinski definition) is 5. The van der Waals surface area contributed by atoms with Crippen molar-refractivity contribution in [3.63, 3.8) is 0 Å². The topological polar surface area (TPSA) is 85.8 Å². The number of benzene rings is 3. The quantitative estimate of drug-likeness (QED) is 0.351. The first kappa shape index (κ1) is 23.0. The maximum atomic E-state index is 12.5. The lowest BCUT2D eigenvalue weighted by Crippen LogP contribution is -2.19. The maximum absolute atomic E-state index is 12.5. The predicted molar refractivity (Wildman–Crippen MR) is 143 cm³/mol. The van der Waals surface area contributed by atoms with E-state index in [1.165, 1.54) is 0 Å². The Kier molecular flexibility index (Phi) is 6.02. The SMILES string of the molecule is C=S(N)(=O)c1ccc(-c2cnn3cc(-c4ccc(OCCN(C)C)cc4)cnc23)c2ccccc12. The van der Waals surface area contributed by atoms with E-state index in [-0.39, 0.29) is 0 Å². The van der Waals surface area contributed by atoms with Crippen molar-refractivity contribution in [3.8, 4) is 28.0 Å². The van der Waals surface area contributed by atoms with Crippen molar-refractivity contribution >= 4 is 32.0 Å². The lowest BCUT2D eigenvalue weighted by molar-refractivity contribution is 0.261. The Morgan fingerprint density at radius 2 is 1.71 bits per heavy atom. The number of ether oxygens (including phenoxy) is 1. The van der Waals surface area contributed by atoms with Crippen LogP contribution >= 0.6 is 0 Å². The van der Waals surface area contributed by atoms with E-state index in [1.807, 2.05) is 81.1 Å². The van der Waals surface area contributed by atoms with E-state index < -0.39 is 9.71 Å². The molecular weight excluding hydrogens is 458 g/mol. The first-order valence-electron chi connectivity index (χ1n) is 11.2. The summed E-state index contributed by atoms with van der Waals surface area (Å²) in [7, 11) is 1.19. The van der Waals surface area contributed by atoms with Crippen LogP contribution in [0.2, 0.25) is 0 Å². The molecule has 0 aliphatic carbocycles. The number of nitrogens with zero attached hydrogens (tertiary/aromatic N) is 4. The third-order valence-electron chi connectivity index (χ3n) is 5.90. The maximum Gasteiger partial charge on any atom is 0.162 e. The molecule has 2 aromatic heterocycles. The first-order valence-corrected chi connectivity index (χ1v) is 13.0. The van der Waals surface area contributed by atoms with Gasteiger partial charge in [-0.3, -0.25) is 5.14 Å². The molecule has 2 N–H and O–H groups in total. The molecule has 35 heavy (non-hydrogen) atoms. The molecule has 7 nitrogen and oxygen atoms in total. The number of hydrogen-bond donors (Lipinski definition) is 1. The van der Waals surface area contributed by atoms with Gasteiger partial charge in [-0.05, 0) is 60.1 Å². The molecule has 178 valence electrons. The van der Waals surface area contributed by atoms with Crippen molar-refractivity contribution in [2.45, 2.75) is 4.90 Å². The fourth-order valence-electron chi connectivity index (χ4n) is 4.11. The highest BCUT2D eigenvalue weighted by atomic mass is 32.2. The van der Waals surface area contributed by atoms with Gasteiger partial charge in [-0.15, -0.1) is 0 Å². The smallest absolute Gasteiger partial charge is 0.162 e. The minimum absolute atomic E-state index is 0.540. The number of aromatic nitrogens is 3. The van der Waals surface area contributed by atoms with Gasteiger partial charge in [-0.25, -0.2) is 13.7 Å². The van der Waals surface area contributed by atoms with Crippen LogP contribution in [0.4, 0.5) is 0 Å². The van der Waals surface area contributed by atoms with E-state index in [9.17, 15) is 4.21 Å². The zero-order valence-electron chi connectivity index (χ0n) is 19.7. The van der Waals surface area contributed by atoms with Crippen LogP contribution in [-0.4, -0.2) is 56.8 Å². The molecular formula is C27H27N5O2S. The van der Waals surface area contributed by atoms with Gasteiger partial charge >= 0.3 is 0 Å². The molecule has 5 aromatic rings. The molecule has 0 aliphatic rings. The molecule has 1 atom stereocenters. The molecule has 0 saturated carbocycles. The van der Waals surface area contributed by atoms with Gasteiger partial charge in [-0.1, -0.05) is 42.5 Å². The molecule has 8 heteroatoms. The molecule has 0 saturated heterocycles. The van der Waals surface area contributed by atoms with Gasteiger partial charge in [0, 0.05) is 30.1 Å². The van der Waals surface area contributed by atoms with Gasteiger partial charge in [0.2, 0.25) is 0 Å². The van der Waals surface area contributed by atoms with Gasteiger partial charge in [0.05, 0.1) is 20.8 Å². The largest absolute Gasteiger partial charge is 0.492 e. The fourth-order valence-corrected chi connectivity index (χ4v) is 4.96. The van der Waals surface area contributed by atoms with Crippen molar-refractivity contribution in [2.24, 2.45) is 5.14 Å². The predicted octanol–water partition coefficient (Wildman–Crippen LogP) is 4.11. The third-order valence-corrected chi connectivity index (χ3v) is 7.00. The number of rotatable bonds is 7. The Balaban J connectivity index is 1.49. The molecule has 0 spiro atoms. The van der Waals surface area contributed by atoms with Crippen molar-refractivity contribution < 1.29 is 8.95 Å². The molecule has 5 rings (SSSR count). The summed E-state index contributed by atoms with van der Waals surface area (Å²) >= 11 is 0. The van der Waals surface area contributed by atoms with Crippen LogP contribution in [0.15, 0.2) is 84.1 Å². The third kappa shape index (κ3) is 4.64. The summed E-state index contributed by atoms with van der Waals surface area (Å²) in [5, 5.41) is 12.2. The zero-order valence-corrected chi connectivity index (χ0v) is 20.5. The number of nitrogens with two attached hydrogens (primary N) is 1. The highest BCUT2D eigenvalue weighted by Gasteiger charge is 2.15. The van der Waals surface area contributed by atoms with Gasteiger partial charge in [0.15, 0.2) is 5.65 Å². The molecule has 0 aliphatic heterocycles. The van der Waals surface area contributed by atoms with Crippen LogP contribution in [0, 0.1) is 0 Å². The summed E-state index contributed by atoms with van der Waals surface area (Å²) in [6.45, 7) is 1.51. The first-order chi connectivity index (χ1) is 16.8. The van der Waals surface area contributed by atoms with Crippen LogP contribution in [0.1, 0.15) is 0 Å². The van der Waals surface area contributed by atoms with Crippen LogP contribution in [0.5, 0.6) is 5.75 Å². The second-order valence-electron chi connectivity index (χ2n) is 8.73. The van der Waals surface area contributed by atoms with Gasteiger partial charge in [-0.2, -0.15) is 5.10 Å². The van der Waals surface area contributed by atoms with Crippen LogP contribution in [0.25, 0.3) is 38.7 Å². The highest BCUT2D eigenvalue weighted by Crippen LogP contribution is 2.34. The monoisotopic (exact) mass is 485 g/mol. The summed E-state index contributed by atoms with van der Waals surface area (Å²) in [5.74, 6) is 4.50. The van der Waals surface area contributed by atoms with Crippen LogP contribution in [-0.2, 0) is 9.71 Å². The summed E-state index contributed by atoms with van der Waals surface area (Å²) in [5.41, 5.74) is 4.55. The van der Waals surface area contributed by atoms with Crippen molar-refractivity contribution in [3.05, 3.63) is 79.3 Å².